The summed E-state index contributed by atoms with van der Waals surface area (Å²) in [6.07, 6.45) is 2.30. The Morgan fingerprint density at radius 1 is 1.11 bits per heavy atom. The zero-order valence-corrected chi connectivity index (χ0v) is 11.4. The van der Waals surface area contributed by atoms with Gasteiger partial charge < -0.3 is 10.5 Å². The highest BCUT2D eigenvalue weighted by Crippen LogP contribution is 2.08. The average molecular weight is 255 g/mol. The van der Waals surface area contributed by atoms with E-state index in [9.17, 15) is 0 Å². The van der Waals surface area contributed by atoms with Crippen LogP contribution in [0.3, 0.4) is 0 Å². The average Bonchev–Trinajstić information content (AvgIpc) is 2.50. The van der Waals surface area contributed by atoms with Gasteiger partial charge in [-0.3, -0.25) is 0 Å². The Hall–Kier alpha value is -1.80. The van der Waals surface area contributed by atoms with Crippen LogP contribution in [0.5, 0.6) is 5.75 Å². The zero-order chi connectivity index (χ0) is 13.8. The van der Waals surface area contributed by atoms with Crippen molar-refractivity contribution >= 4 is 0 Å². The highest BCUT2D eigenvalue weighted by Gasteiger charge is 1.88. The molecule has 0 aliphatic rings. The molecule has 2 N–H and O–H groups in total. The van der Waals surface area contributed by atoms with Crippen LogP contribution in [0.15, 0.2) is 48.5 Å². The summed E-state index contributed by atoms with van der Waals surface area (Å²) >= 11 is 0. The van der Waals surface area contributed by atoms with Crippen LogP contribution in [0.2, 0.25) is 0 Å². The molecular weight excluding hydrogens is 234 g/mol. The van der Waals surface area contributed by atoms with E-state index in [4.69, 9.17) is 10.5 Å². The first-order chi connectivity index (χ1) is 9.36. The normalized spacial score (nSPS) is 9.37. The summed E-state index contributed by atoms with van der Waals surface area (Å²) in [5.41, 5.74) is 6.38. The van der Waals surface area contributed by atoms with Gasteiger partial charge in [0.2, 0.25) is 0 Å². The Morgan fingerprint density at radius 2 is 1.89 bits per heavy atom. The van der Waals surface area contributed by atoms with E-state index in [1.54, 1.807) is 0 Å². The lowest BCUT2D eigenvalue weighted by atomic mass is 10.2. The van der Waals surface area contributed by atoms with Crippen molar-refractivity contribution < 1.29 is 4.74 Å². The lowest BCUT2D eigenvalue weighted by Crippen LogP contribution is -1.95. The molecule has 0 saturated heterocycles. The molecule has 0 heterocycles. The molecule has 0 amide bonds. The second-order valence-electron chi connectivity index (χ2n) is 4.03. The van der Waals surface area contributed by atoms with E-state index in [-0.39, 0.29) is 0 Å². The molecular formula is C17H21NO. The fraction of sp³-hybridized carbons (Fsp3) is 0.294. The van der Waals surface area contributed by atoms with Gasteiger partial charge >= 0.3 is 0 Å². The topological polar surface area (TPSA) is 35.2 Å². The van der Waals surface area contributed by atoms with Gasteiger partial charge in [-0.15, -0.1) is 0 Å². The SMILES string of the molecule is CCCCOc1cc[c]cc1.NCc1[c]cccc1. The van der Waals surface area contributed by atoms with E-state index in [1.165, 1.54) is 6.42 Å². The van der Waals surface area contributed by atoms with Crippen molar-refractivity contribution in [2.24, 2.45) is 5.73 Å². The van der Waals surface area contributed by atoms with E-state index >= 15 is 0 Å². The summed E-state index contributed by atoms with van der Waals surface area (Å²) in [4.78, 5) is 0. The second-order valence-corrected chi connectivity index (χ2v) is 4.03. The molecule has 0 unspecified atom stereocenters. The largest absolute Gasteiger partial charge is 0.494 e. The summed E-state index contributed by atoms with van der Waals surface area (Å²) in [5.74, 6) is 0.942. The molecule has 0 spiro atoms. The van der Waals surface area contributed by atoms with Gasteiger partial charge in [-0.2, -0.15) is 0 Å². The summed E-state index contributed by atoms with van der Waals surface area (Å²) in [5, 5.41) is 0. The minimum Gasteiger partial charge on any atom is -0.494 e. The third kappa shape index (κ3) is 7.27. The van der Waals surface area contributed by atoms with E-state index in [0.717, 1.165) is 24.3 Å². The maximum atomic E-state index is 5.43. The molecule has 2 rings (SSSR count). The van der Waals surface area contributed by atoms with Crippen molar-refractivity contribution in [3.8, 4) is 5.75 Å². The van der Waals surface area contributed by atoms with Gasteiger partial charge in [0.1, 0.15) is 5.75 Å². The smallest absolute Gasteiger partial charge is 0.119 e. The molecule has 100 valence electrons. The maximum Gasteiger partial charge on any atom is 0.119 e. The summed E-state index contributed by atoms with van der Waals surface area (Å²) in [7, 11) is 0. The maximum absolute atomic E-state index is 5.43. The number of ether oxygens (including phenoxy) is 1. The Bertz CT molecular complexity index is 414. The van der Waals surface area contributed by atoms with Crippen molar-refractivity contribution in [2.75, 3.05) is 6.61 Å². The molecule has 0 aliphatic carbocycles. The first kappa shape index (κ1) is 15.3. The van der Waals surface area contributed by atoms with Crippen molar-refractivity contribution in [3.05, 3.63) is 66.2 Å². The predicted octanol–water partition coefficient (Wildman–Crippen LogP) is 3.61. The molecule has 0 aliphatic heterocycles. The summed E-state index contributed by atoms with van der Waals surface area (Å²) < 4.78 is 5.43. The van der Waals surface area contributed by atoms with E-state index in [2.05, 4.69) is 19.1 Å². The minimum atomic E-state index is 0.584. The van der Waals surface area contributed by atoms with Gasteiger partial charge in [0, 0.05) is 6.54 Å². The molecule has 2 aromatic rings. The van der Waals surface area contributed by atoms with Crippen molar-refractivity contribution in [1.82, 2.24) is 0 Å². The standard InChI is InChI=1S/C10H13O.C7H8N/c1-2-3-9-11-10-7-5-4-6-8-10;8-6-7-4-2-1-3-5-7/h5-8H,2-3,9H2,1H3;1-4H,6,8H2. The predicted molar refractivity (Wildman–Crippen MR) is 78.9 cm³/mol. The quantitative estimate of drug-likeness (QED) is 0.828. The number of benzene rings is 2. The number of hydrogen-bond donors (Lipinski definition) is 1. The van der Waals surface area contributed by atoms with E-state index in [0.29, 0.717) is 6.54 Å². The Morgan fingerprint density at radius 3 is 2.42 bits per heavy atom. The molecule has 0 bridgehead atoms. The molecule has 0 fully saturated rings. The molecule has 2 radical (unpaired) electrons. The highest BCUT2D eigenvalue weighted by molar-refractivity contribution is 5.20. The molecule has 0 saturated carbocycles. The molecule has 2 heteroatoms. The number of nitrogens with two attached hydrogens (primary N) is 1. The lowest BCUT2D eigenvalue weighted by Gasteiger charge is -2.03. The van der Waals surface area contributed by atoms with Gasteiger partial charge in [-0.05, 0) is 36.2 Å². The van der Waals surface area contributed by atoms with Crippen LogP contribution in [0.4, 0.5) is 0 Å². The Balaban J connectivity index is 0.000000200. The summed E-state index contributed by atoms with van der Waals surface area (Å²) in [6.45, 7) is 3.56. The number of rotatable bonds is 5. The van der Waals surface area contributed by atoms with Crippen LogP contribution in [0.25, 0.3) is 0 Å². The van der Waals surface area contributed by atoms with Crippen molar-refractivity contribution in [1.29, 1.82) is 0 Å². The fourth-order valence-electron chi connectivity index (χ4n) is 1.36. The fourth-order valence-corrected chi connectivity index (χ4v) is 1.36. The van der Waals surface area contributed by atoms with Gasteiger partial charge in [0.15, 0.2) is 0 Å². The van der Waals surface area contributed by atoms with Gasteiger partial charge in [0.25, 0.3) is 0 Å². The van der Waals surface area contributed by atoms with Gasteiger partial charge in [0.05, 0.1) is 6.61 Å². The third-order valence-electron chi connectivity index (χ3n) is 2.45. The van der Waals surface area contributed by atoms with Crippen LogP contribution in [0, 0.1) is 12.1 Å². The first-order valence-corrected chi connectivity index (χ1v) is 6.61. The molecule has 2 aromatic carbocycles. The Labute approximate surface area is 116 Å². The van der Waals surface area contributed by atoms with Crippen molar-refractivity contribution in [2.45, 2.75) is 26.3 Å². The third-order valence-corrected chi connectivity index (χ3v) is 2.45. The van der Waals surface area contributed by atoms with Gasteiger partial charge in [-0.25, -0.2) is 0 Å². The number of hydrogen-bond acceptors (Lipinski definition) is 2. The lowest BCUT2D eigenvalue weighted by molar-refractivity contribution is 0.309. The second kappa shape index (κ2) is 10.2. The van der Waals surface area contributed by atoms with E-state index in [1.807, 2.05) is 48.5 Å². The molecule has 0 aromatic heterocycles. The molecule has 2 nitrogen and oxygen atoms in total. The van der Waals surface area contributed by atoms with Crippen LogP contribution in [-0.2, 0) is 6.54 Å². The van der Waals surface area contributed by atoms with Gasteiger partial charge in [-0.1, -0.05) is 49.7 Å². The number of unbranched alkanes of at least 4 members (excludes halogenated alkanes) is 1. The highest BCUT2D eigenvalue weighted by atomic mass is 16.5. The monoisotopic (exact) mass is 255 g/mol. The van der Waals surface area contributed by atoms with Crippen molar-refractivity contribution in [3.63, 3.8) is 0 Å². The van der Waals surface area contributed by atoms with Crippen LogP contribution in [0.1, 0.15) is 25.3 Å². The molecule has 19 heavy (non-hydrogen) atoms. The summed E-state index contributed by atoms with van der Waals surface area (Å²) in [6, 6.07) is 21.2. The van der Waals surface area contributed by atoms with Crippen LogP contribution >= 0.6 is 0 Å². The van der Waals surface area contributed by atoms with E-state index < -0.39 is 0 Å². The minimum absolute atomic E-state index is 0.584. The van der Waals surface area contributed by atoms with Crippen LogP contribution in [-0.4, -0.2) is 6.61 Å². The molecule has 0 atom stereocenters. The Kier molecular flexibility index (Phi) is 8.15. The first-order valence-electron chi connectivity index (χ1n) is 6.61. The van der Waals surface area contributed by atoms with Crippen LogP contribution < -0.4 is 10.5 Å². The zero-order valence-electron chi connectivity index (χ0n) is 11.4.